The molecule has 0 aliphatic carbocycles. The third-order valence-electron chi connectivity index (χ3n) is 4.04. The first-order valence-electron chi connectivity index (χ1n) is 8.49. The number of anilines is 1. The lowest BCUT2D eigenvalue weighted by atomic mass is 10.2. The van der Waals surface area contributed by atoms with E-state index in [9.17, 15) is 9.18 Å². The molecule has 0 aliphatic rings. The highest BCUT2D eigenvalue weighted by molar-refractivity contribution is 5.94. The molecule has 27 heavy (non-hydrogen) atoms. The fourth-order valence-corrected chi connectivity index (χ4v) is 2.59. The molecule has 6 heteroatoms. The molecule has 3 rings (SSSR count). The molecule has 0 atom stereocenters. The molecule has 5 nitrogen and oxygen atoms in total. The van der Waals surface area contributed by atoms with Crippen molar-refractivity contribution in [2.45, 2.75) is 13.1 Å². The fourth-order valence-electron chi connectivity index (χ4n) is 2.59. The summed E-state index contributed by atoms with van der Waals surface area (Å²) in [6.45, 7) is 0.865. The minimum Gasteiger partial charge on any atom is -0.496 e. The number of para-hydroxylation sites is 1. The zero-order chi connectivity index (χ0) is 19.1. The number of rotatable bonds is 7. The van der Waals surface area contributed by atoms with E-state index in [0.29, 0.717) is 24.3 Å². The molecule has 2 aromatic carbocycles. The van der Waals surface area contributed by atoms with Gasteiger partial charge in [-0.25, -0.2) is 4.39 Å². The fraction of sp³-hybridized carbons (Fsp3) is 0.143. The van der Waals surface area contributed by atoms with E-state index in [2.05, 4.69) is 15.6 Å². The Balaban J connectivity index is 1.60. The van der Waals surface area contributed by atoms with Gasteiger partial charge in [0.25, 0.3) is 5.91 Å². The zero-order valence-electron chi connectivity index (χ0n) is 14.9. The summed E-state index contributed by atoms with van der Waals surface area (Å²) in [6, 6.07) is 15.5. The molecule has 0 aliphatic heterocycles. The van der Waals surface area contributed by atoms with Crippen LogP contribution in [-0.4, -0.2) is 18.0 Å². The number of carbonyl (C=O) groups excluding carboxylic acids is 1. The summed E-state index contributed by atoms with van der Waals surface area (Å²) in [5.74, 6) is 0.235. The second kappa shape index (κ2) is 8.80. The molecule has 1 heterocycles. The molecule has 3 aromatic rings. The largest absolute Gasteiger partial charge is 0.496 e. The number of benzene rings is 2. The van der Waals surface area contributed by atoms with Gasteiger partial charge in [-0.05, 0) is 29.8 Å². The molecule has 0 saturated heterocycles. The van der Waals surface area contributed by atoms with Crippen molar-refractivity contribution in [3.8, 4) is 5.75 Å². The number of nitrogens with one attached hydrogen (secondary N) is 2. The van der Waals surface area contributed by atoms with E-state index in [-0.39, 0.29) is 11.7 Å². The number of hydrogen-bond donors (Lipinski definition) is 2. The minimum atomic E-state index is -0.269. The quantitative estimate of drug-likeness (QED) is 0.669. The second-order valence-electron chi connectivity index (χ2n) is 5.94. The SMILES string of the molecule is COc1ccccc1CNC(=O)c1cncc(NCc2ccc(F)cc2)c1. The monoisotopic (exact) mass is 365 g/mol. The molecule has 0 unspecified atom stereocenters. The first-order chi connectivity index (χ1) is 13.2. The summed E-state index contributed by atoms with van der Waals surface area (Å²) < 4.78 is 18.2. The molecule has 1 amide bonds. The topological polar surface area (TPSA) is 63.2 Å². The van der Waals surface area contributed by atoms with E-state index in [1.807, 2.05) is 24.3 Å². The van der Waals surface area contributed by atoms with Gasteiger partial charge in [-0.2, -0.15) is 0 Å². The average molecular weight is 365 g/mol. The van der Waals surface area contributed by atoms with E-state index < -0.39 is 0 Å². The van der Waals surface area contributed by atoms with Crippen molar-refractivity contribution < 1.29 is 13.9 Å². The third kappa shape index (κ3) is 5.04. The highest BCUT2D eigenvalue weighted by Crippen LogP contribution is 2.17. The summed E-state index contributed by atoms with van der Waals surface area (Å²) in [4.78, 5) is 16.5. The van der Waals surface area contributed by atoms with Gasteiger partial charge in [0.2, 0.25) is 0 Å². The Kier molecular flexibility index (Phi) is 5.99. The Morgan fingerprint density at radius 2 is 1.85 bits per heavy atom. The molecule has 0 saturated carbocycles. The van der Waals surface area contributed by atoms with E-state index >= 15 is 0 Å². The van der Waals surface area contributed by atoms with Gasteiger partial charge in [0.1, 0.15) is 11.6 Å². The van der Waals surface area contributed by atoms with Gasteiger partial charge in [0, 0.05) is 31.0 Å². The molecule has 0 bridgehead atoms. The maximum absolute atomic E-state index is 13.0. The Morgan fingerprint density at radius 3 is 2.63 bits per heavy atom. The van der Waals surface area contributed by atoms with Crippen molar-refractivity contribution in [1.82, 2.24) is 10.3 Å². The number of nitrogens with zero attached hydrogens (tertiary/aromatic N) is 1. The van der Waals surface area contributed by atoms with Gasteiger partial charge in [-0.15, -0.1) is 0 Å². The second-order valence-corrected chi connectivity index (χ2v) is 5.94. The zero-order valence-corrected chi connectivity index (χ0v) is 14.9. The number of pyridine rings is 1. The highest BCUT2D eigenvalue weighted by Gasteiger charge is 2.09. The number of ether oxygens (including phenoxy) is 1. The van der Waals surface area contributed by atoms with E-state index in [1.165, 1.54) is 18.3 Å². The van der Waals surface area contributed by atoms with Crippen molar-refractivity contribution in [2.24, 2.45) is 0 Å². The summed E-state index contributed by atoms with van der Waals surface area (Å²) in [6.07, 6.45) is 3.15. The normalized spacial score (nSPS) is 10.3. The average Bonchev–Trinajstić information content (AvgIpc) is 2.72. The van der Waals surface area contributed by atoms with Crippen molar-refractivity contribution in [3.05, 3.63) is 89.5 Å². The van der Waals surface area contributed by atoms with Crippen molar-refractivity contribution in [1.29, 1.82) is 0 Å². The Morgan fingerprint density at radius 1 is 1.07 bits per heavy atom. The number of amides is 1. The first-order valence-corrected chi connectivity index (χ1v) is 8.49. The van der Waals surface area contributed by atoms with Crippen LogP contribution in [0.4, 0.5) is 10.1 Å². The van der Waals surface area contributed by atoms with Gasteiger partial charge in [-0.1, -0.05) is 30.3 Å². The predicted molar refractivity (Wildman–Crippen MR) is 102 cm³/mol. The summed E-state index contributed by atoms with van der Waals surface area (Å²) in [5, 5.41) is 6.05. The predicted octanol–water partition coefficient (Wildman–Crippen LogP) is 3.77. The van der Waals surface area contributed by atoms with Crippen molar-refractivity contribution in [3.63, 3.8) is 0 Å². The molecule has 2 N–H and O–H groups in total. The summed E-state index contributed by atoms with van der Waals surface area (Å²) in [7, 11) is 1.60. The van der Waals surface area contributed by atoms with E-state index in [1.54, 1.807) is 31.5 Å². The number of aromatic nitrogens is 1. The third-order valence-corrected chi connectivity index (χ3v) is 4.04. The van der Waals surface area contributed by atoms with Gasteiger partial charge < -0.3 is 15.4 Å². The lowest BCUT2D eigenvalue weighted by molar-refractivity contribution is 0.0950. The Labute approximate surface area is 157 Å². The van der Waals surface area contributed by atoms with Gasteiger partial charge in [0.15, 0.2) is 0 Å². The van der Waals surface area contributed by atoms with Crippen LogP contribution < -0.4 is 15.4 Å². The van der Waals surface area contributed by atoms with Crippen molar-refractivity contribution in [2.75, 3.05) is 12.4 Å². The number of halogens is 1. The van der Waals surface area contributed by atoms with Gasteiger partial charge in [0.05, 0.1) is 18.4 Å². The van der Waals surface area contributed by atoms with E-state index in [4.69, 9.17) is 4.74 Å². The van der Waals surface area contributed by atoms with Crippen LogP contribution in [0, 0.1) is 5.82 Å². The number of methoxy groups -OCH3 is 1. The van der Waals surface area contributed by atoms with Crippen LogP contribution in [-0.2, 0) is 13.1 Å². The summed E-state index contributed by atoms with van der Waals surface area (Å²) in [5.41, 5.74) is 2.99. The molecule has 1 aromatic heterocycles. The molecule has 0 radical (unpaired) electrons. The van der Waals surface area contributed by atoms with Gasteiger partial charge >= 0.3 is 0 Å². The molecule has 0 fully saturated rings. The van der Waals surface area contributed by atoms with Crippen molar-refractivity contribution >= 4 is 11.6 Å². The molecule has 0 spiro atoms. The van der Waals surface area contributed by atoms with Crippen LogP contribution in [0.3, 0.4) is 0 Å². The van der Waals surface area contributed by atoms with Crippen LogP contribution in [0.25, 0.3) is 0 Å². The molecular formula is C21H20FN3O2. The van der Waals surface area contributed by atoms with Gasteiger partial charge in [-0.3, -0.25) is 9.78 Å². The molecule has 138 valence electrons. The van der Waals surface area contributed by atoms with Crippen LogP contribution in [0.2, 0.25) is 0 Å². The highest BCUT2D eigenvalue weighted by atomic mass is 19.1. The maximum Gasteiger partial charge on any atom is 0.253 e. The number of carbonyl (C=O) groups is 1. The lowest BCUT2D eigenvalue weighted by Gasteiger charge is -2.11. The Hall–Kier alpha value is -3.41. The lowest BCUT2D eigenvalue weighted by Crippen LogP contribution is -2.23. The number of hydrogen-bond acceptors (Lipinski definition) is 4. The molecular weight excluding hydrogens is 345 g/mol. The van der Waals surface area contributed by atoms with Crippen LogP contribution >= 0.6 is 0 Å². The van der Waals surface area contributed by atoms with Crippen LogP contribution in [0.15, 0.2) is 67.0 Å². The van der Waals surface area contributed by atoms with Crippen LogP contribution in [0.5, 0.6) is 5.75 Å². The van der Waals surface area contributed by atoms with E-state index in [0.717, 1.165) is 16.9 Å². The smallest absolute Gasteiger partial charge is 0.253 e. The first kappa shape index (κ1) is 18.4. The van der Waals surface area contributed by atoms with Crippen LogP contribution in [0.1, 0.15) is 21.5 Å². The minimum absolute atomic E-state index is 0.223. The standard InChI is InChI=1S/C21H20FN3O2/c1-27-20-5-3-2-4-16(20)13-25-21(26)17-10-19(14-23-12-17)24-11-15-6-8-18(22)9-7-15/h2-10,12,14,24H,11,13H2,1H3,(H,25,26). The maximum atomic E-state index is 13.0. The Bertz CT molecular complexity index is 913. The summed E-state index contributed by atoms with van der Waals surface area (Å²) >= 11 is 0.